The normalized spacial score (nSPS) is 10.8. The summed E-state index contributed by atoms with van der Waals surface area (Å²) in [6, 6.07) is 3.88. The maximum Gasteiger partial charge on any atom is 0.0935 e. The molecule has 0 radical (unpaired) electrons. The van der Waals surface area contributed by atoms with Crippen LogP contribution in [0.15, 0.2) is 24.5 Å². The van der Waals surface area contributed by atoms with Crippen molar-refractivity contribution in [1.29, 1.82) is 0 Å². The third kappa shape index (κ3) is 0.905. The second kappa shape index (κ2) is 2.60. The monoisotopic (exact) mass is 162 g/mol. The fourth-order valence-electron chi connectivity index (χ4n) is 1.41. The van der Waals surface area contributed by atoms with Crippen LogP contribution in [0.5, 0.6) is 0 Å². The van der Waals surface area contributed by atoms with Gasteiger partial charge in [-0.05, 0) is 12.1 Å². The lowest BCUT2D eigenvalue weighted by Crippen LogP contribution is -1.82. The van der Waals surface area contributed by atoms with Gasteiger partial charge in [-0.1, -0.05) is 0 Å². The summed E-state index contributed by atoms with van der Waals surface area (Å²) < 4.78 is 1.97. The van der Waals surface area contributed by atoms with Gasteiger partial charge in [0.1, 0.15) is 0 Å². The first-order valence-electron chi connectivity index (χ1n) is 3.82. The summed E-state index contributed by atoms with van der Waals surface area (Å²) in [5, 5.41) is 9.00. The number of aryl methyl sites for hydroxylation is 1. The van der Waals surface area contributed by atoms with Gasteiger partial charge in [-0.3, -0.25) is 4.98 Å². The molecule has 0 fully saturated rings. The first-order chi connectivity index (χ1) is 5.83. The Kier molecular flexibility index (Phi) is 1.59. The average Bonchev–Trinajstić information content (AvgIpc) is 2.44. The highest BCUT2D eigenvalue weighted by Gasteiger charge is 2.04. The molecule has 12 heavy (non-hydrogen) atoms. The van der Waals surface area contributed by atoms with Crippen molar-refractivity contribution in [3.63, 3.8) is 0 Å². The van der Waals surface area contributed by atoms with E-state index < -0.39 is 0 Å². The van der Waals surface area contributed by atoms with Crippen LogP contribution in [0.2, 0.25) is 0 Å². The summed E-state index contributed by atoms with van der Waals surface area (Å²) in [5.74, 6) is 0. The van der Waals surface area contributed by atoms with Crippen molar-refractivity contribution >= 4 is 11.0 Å². The molecule has 0 saturated carbocycles. The molecule has 0 saturated heterocycles. The van der Waals surface area contributed by atoms with Crippen LogP contribution in [-0.2, 0) is 13.7 Å². The zero-order valence-corrected chi connectivity index (χ0v) is 6.86. The molecule has 0 aromatic carbocycles. The van der Waals surface area contributed by atoms with Crippen LogP contribution in [0.4, 0.5) is 0 Å². The Bertz CT molecular complexity index is 406. The molecule has 0 aliphatic heterocycles. The second-order valence-electron chi connectivity index (χ2n) is 2.79. The maximum atomic E-state index is 9.00. The van der Waals surface area contributed by atoms with Gasteiger partial charge in [0.15, 0.2) is 0 Å². The van der Waals surface area contributed by atoms with E-state index in [1.54, 1.807) is 6.20 Å². The number of fused-ring (bicyclic) bond motifs is 1. The van der Waals surface area contributed by atoms with E-state index in [-0.39, 0.29) is 6.61 Å². The van der Waals surface area contributed by atoms with Crippen molar-refractivity contribution in [1.82, 2.24) is 9.55 Å². The largest absolute Gasteiger partial charge is 0.392 e. The van der Waals surface area contributed by atoms with Crippen LogP contribution in [0, 0.1) is 0 Å². The van der Waals surface area contributed by atoms with E-state index in [2.05, 4.69) is 4.98 Å². The van der Waals surface area contributed by atoms with Crippen LogP contribution in [0.3, 0.4) is 0 Å². The molecule has 2 rings (SSSR count). The molecule has 0 unspecified atom stereocenters. The molecule has 0 atom stereocenters. The molecule has 3 heteroatoms. The molecule has 0 bridgehead atoms. The third-order valence-electron chi connectivity index (χ3n) is 1.99. The number of aliphatic hydroxyl groups excluding tert-OH is 1. The van der Waals surface area contributed by atoms with Crippen LogP contribution in [0.25, 0.3) is 11.0 Å². The van der Waals surface area contributed by atoms with Gasteiger partial charge < -0.3 is 9.67 Å². The smallest absolute Gasteiger partial charge is 0.0935 e. The Labute approximate surface area is 70.3 Å². The SMILES string of the molecule is Cn1cc(CO)c2ncccc21. The highest BCUT2D eigenvalue weighted by Crippen LogP contribution is 2.16. The van der Waals surface area contributed by atoms with Gasteiger partial charge >= 0.3 is 0 Å². The Morgan fingerprint density at radius 1 is 1.58 bits per heavy atom. The van der Waals surface area contributed by atoms with Gasteiger partial charge in [0.2, 0.25) is 0 Å². The number of nitrogens with zero attached hydrogens (tertiary/aromatic N) is 2. The summed E-state index contributed by atoms with van der Waals surface area (Å²) in [5.41, 5.74) is 2.83. The lowest BCUT2D eigenvalue weighted by molar-refractivity contribution is 0.283. The zero-order chi connectivity index (χ0) is 8.55. The number of rotatable bonds is 1. The Morgan fingerprint density at radius 2 is 2.42 bits per heavy atom. The molecule has 0 spiro atoms. The summed E-state index contributed by atoms with van der Waals surface area (Å²) in [6.07, 6.45) is 3.64. The molecule has 0 aliphatic rings. The van der Waals surface area contributed by atoms with Crippen LogP contribution in [-0.4, -0.2) is 14.7 Å². The van der Waals surface area contributed by atoms with Crippen molar-refractivity contribution in [2.24, 2.45) is 7.05 Å². The van der Waals surface area contributed by atoms with Gasteiger partial charge in [-0.15, -0.1) is 0 Å². The van der Waals surface area contributed by atoms with E-state index in [9.17, 15) is 0 Å². The first-order valence-corrected chi connectivity index (χ1v) is 3.82. The van der Waals surface area contributed by atoms with Crippen molar-refractivity contribution < 1.29 is 5.11 Å². The quantitative estimate of drug-likeness (QED) is 0.681. The van der Waals surface area contributed by atoms with Crippen molar-refractivity contribution in [2.75, 3.05) is 0 Å². The number of aliphatic hydroxyl groups is 1. The number of hydrogen-bond donors (Lipinski definition) is 1. The number of pyridine rings is 1. The molecule has 3 nitrogen and oxygen atoms in total. The summed E-state index contributed by atoms with van der Waals surface area (Å²) in [7, 11) is 1.95. The molecule has 62 valence electrons. The van der Waals surface area contributed by atoms with Gasteiger partial charge in [-0.25, -0.2) is 0 Å². The fourth-order valence-corrected chi connectivity index (χ4v) is 1.41. The number of aromatic nitrogens is 2. The zero-order valence-electron chi connectivity index (χ0n) is 6.86. The molecule has 2 heterocycles. The third-order valence-corrected chi connectivity index (χ3v) is 1.99. The van der Waals surface area contributed by atoms with E-state index in [0.717, 1.165) is 16.6 Å². The Morgan fingerprint density at radius 3 is 3.17 bits per heavy atom. The average molecular weight is 162 g/mol. The van der Waals surface area contributed by atoms with Gasteiger partial charge in [0, 0.05) is 25.0 Å². The topological polar surface area (TPSA) is 38.0 Å². The highest BCUT2D eigenvalue weighted by atomic mass is 16.3. The molecule has 0 amide bonds. The standard InChI is InChI=1S/C9H10N2O/c1-11-5-7(6-12)9-8(11)3-2-4-10-9/h2-5,12H,6H2,1H3. The summed E-state index contributed by atoms with van der Waals surface area (Å²) in [4.78, 5) is 4.19. The number of hydrogen-bond acceptors (Lipinski definition) is 2. The summed E-state index contributed by atoms with van der Waals surface area (Å²) >= 11 is 0. The van der Waals surface area contributed by atoms with Gasteiger partial charge in [0.25, 0.3) is 0 Å². The predicted molar refractivity (Wildman–Crippen MR) is 46.6 cm³/mol. The molecular weight excluding hydrogens is 152 g/mol. The van der Waals surface area contributed by atoms with Crippen molar-refractivity contribution in [2.45, 2.75) is 6.61 Å². The molecule has 0 aliphatic carbocycles. The van der Waals surface area contributed by atoms with Crippen LogP contribution in [0.1, 0.15) is 5.56 Å². The molecular formula is C9H10N2O. The minimum Gasteiger partial charge on any atom is -0.392 e. The summed E-state index contributed by atoms with van der Waals surface area (Å²) in [6.45, 7) is 0.0500. The Balaban J connectivity index is 2.82. The van der Waals surface area contributed by atoms with E-state index in [1.807, 2.05) is 29.9 Å². The van der Waals surface area contributed by atoms with E-state index in [1.165, 1.54) is 0 Å². The Hall–Kier alpha value is -1.35. The minimum atomic E-state index is 0.0500. The maximum absolute atomic E-state index is 9.00. The van der Waals surface area contributed by atoms with E-state index >= 15 is 0 Å². The molecule has 2 aromatic heterocycles. The van der Waals surface area contributed by atoms with E-state index in [0.29, 0.717) is 0 Å². The highest BCUT2D eigenvalue weighted by molar-refractivity contribution is 5.79. The lowest BCUT2D eigenvalue weighted by atomic mass is 10.3. The molecule has 1 N–H and O–H groups in total. The van der Waals surface area contributed by atoms with Crippen molar-refractivity contribution in [3.05, 3.63) is 30.1 Å². The van der Waals surface area contributed by atoms with Crippen molar-refractivity contribution in [3.8, 4) is 0 Å². The minimum absolute atomic E-state index is 0.0500. The van der Waals surface area contributed by atoms with Crippen LogP contribution < -0.4 is 0 Å². The first kappa shape index (κ1) is 7.31. The van der Waals surface area contributed by atoms with Gasteiger partial charge in [-0.2, -0.15) is 0 Å². The van der Waals surface area contributed by atoms with Gasteiger partial charge in [0.05, 0.1) is 17.6 Å². The molecule has 2 aromatic rings. The second-order valence-corrected chi connectivity index (χ2v) is 2.79. The predicted octanol–water partition coefficient (Wildman–Crippen LogP) is 1.07. The lowest BCUT2D eigenvalue weighted by Gasteiger charge is -1.92. The fraction of sp³-hybridized carbons (Fsp3) is 0.222. The van der Waals surface area contributed by atoms with E-state index in [4.69, 9.17) is 5.11 Å². The van der Waals surface area contributed by atoms with Crippen LogP contribution >= 0.6 is 0 Å².